The molecule has 0 bridgehead atoms. The van der Waals surface area contributed by atoms with Gasteiger partial charge in [-0.2, -0.15) is 0 Å². The quantitative estimate of drug-likeness (QED) is 0.0110. The van der Waals surface area contributed by atoms with Crippen molar-refractivity contribution in [1.82, 2.24) is 0 Å². The molecule has 0 aromatic carbocycles. The summed E-state index contributed by atoms with van der Waals surface area (Å²) in [5, 5.41) is 29.7. The fourth-order valence-corrected chi connectivity index (χ4v) is 6.28. The number of allylic oxidation sites excluding steroid dienone is 16. The number of hydrogen-bond donors (Lipinski definition) is 6. The third kappa shape index (κ3) is 45.4. The number of phosphoric ester groups is 2. The van der Waals surface area contributed by atoms with Gasteiger partial charge in [0.15, 0.2) is 6.10 Å². The molecule has 0 aliphatic carbocycles. The summed E-state index contributed by atoms with van der Waals surface area (Å²) in [7, 11) is -9.76. The minimum Gasteiger partial charge on any atom is -0.462 e. The van der Waals surface area contributed by atoms with E-state index in [2.05, 4.69) is 64.6 Å². The van der Waals surface area contributed by atoms with Gasteiger partial charge in [-0.05, 0) is 77.0 Å². The molecule has 0 amide bonds. The molecule has 0 aromatic rings. The molecule has 0 heterocycles. The first kappa shape index (κ1) is 61.4. The monoisotopic (exact) mass is 954 g/mol. The predicted molar refractivity (Wildman–Crippen MR) is 255 cm³/mol. The molecule has 0 aliphatic heterocycles. The molecule has 0 aliphatic rings. The Morgan fingerprint density at radius 2 is 0.985 bits per heavy atom. The molecule has 368 valence electrons. The zero-order valence-corrected chi connectivity index (χ0v) is 40.0. The van der Waals surface area contributed by atoms with Gasteiger partial charge in [0.25, 0.3) is 0 Å². The second kappa shape index (κ2) is 41.8. The van der Waals surface area contributed by atoms with Crippen LogP contribution in [0.2, 0.25) is 0 Å². The molecule has 0 aromatic heterocycles. The number of carbonyl (C=O) groups is 2. The van der Waals surface area contributed by atoms with Crippen LogP contribution in [0.25, 0.3) is 0 Å². The maximum Gasteiger partial charge on any atom is 0.472 e. The van der Waals surface area contributed by atoms with Gasteiger partial charge in [0.2, 0.25) is 0 Å². The molecule has 5 atom stereocenters. The topological polar surface area (TPSA) is 236 Å². The van der Waals surface area contributed by atoms with Crippen LogP contribution in [0.3, 0.4) is 0 Å². The molecule has 0 saturated heterocycles. The molecule has 0 spiro atoms. The summed E-state index contributed by atoms with van der Waals surface area (Å²) in [4.78, 5) is 52.7. The predicted octanol–water partition coefficient (Wildman–Crippen LogP) is 9.61. The van der Waals surface area contributed by atoms with E-state index in [0.29, 0.717) is 32.1 Å². The van der Waals surface area contributed by atoms with Crippen molar-refractivity contribution in [2.45, 2.75) is 141 Å². The van der Waals surface area contributed by atoms with Gasteiger partial charge in [-0.3, -0.25) is 23.2 Å². The van der Waals surface area contributed by atoms with Gasteiger partial charge in [0.1, 0.15) is 12.7 Å². The van der Waals surface area contributed by atoms with Crippen LogP contribution in [-0.2, 0) is 41.8 Å². The van der Waals surface area contributed by atoms with Crippen molar-refractivity contribution in [1.29, 1.82) is 0 Å². The minimum absolute atomic E-state index is 0.0000921. The third-order valence-electron chi connectivity index (χ3n) is 8.52. The Kier molecular flexibility index (Phi) is 39.5. The fourth-order valence-electron chi connectivity index (χ4n) is 5.13. The Morgan fingerprint density at radius 1 is 0.508 bits per heavy atom. The maximum absolute atomic E-state index is 12.7. The second-order valence-electron chi connectivity index (χ2n) is 14.6. The van der Waals surface area contributed by atoms with Gasteiger partial charge in [-0.25, -0.2) is 9.13 Å². The van der Waals surface area contributed by atoms with E-state index < -0.39 is 78.4 Å². The van der Waals surface area contributed by atoms with Crippen LogP contribution in [0.4, 0.5) is 0 Å². The van der Waals surface area contributed by atoms with E-state index in [9.17, 15) is 38.9 Å². The lowest BCUT2D eigenvalue weighted by Crippen LogP contribution is -2.29. The molecule has 1 unspecified atom stereocenters. The Morgan fingerprint density at radius 3 is 1.57 bits per heavy atom. The van der Waals surface area contributed by atoms with Gasteiger partial charge in [0.05, 0.1) is 32.0 Å². The first-order chi connectivity index (χ1) is 31.2. The zero-order valence-electron chi connectivity index (χ0n) is 38.3. The van der Waals surface area contributed by atoms with Crippen LogP contribution in [-0.4, -0.2) is 92.8 Å². The number of aliphatic hydroxyl groups is 3. The van der Waals surface area contributed by atoms with E-state index in [1.807, 2.05) is 37.3 Å². The first-order valence-corrected chi connectivity index (χ1v) is 25.5. The minimum atomic E-state index is -4.89. The summed E-state index contributed by atoms with van der Waals surface area (Å²) >= 11 is 0. The summed E-state index contributed by atoms with van der Waals surface area (Å²) in [6.45, 7) is 1.20. The molecule has 17 heteroatoms. The Labute approximate surface area is 387 Å². The van der Waals surface area contributed by atoms with Crippen LogP contribution >= 0.6 is 15.6 Å². The zero-order chi connectivity index (χ0) is 48.3. The van der Waals surface area contributed by atoms with Gasteiger partial charge in [0, 0.05) is 12.8 Å². The van der Waals surface area contributed by atoms with Gasteiger partial charge in [-0.15, -0.1) is 0 Å². The van der Waals surface area contributed by atoms with E-state index in [1.54, 1.807) is 42.5 Å². The average molecular weight is 955 g/mol. The molecule has 0 fully saturated rings. The molecule has 65 heavy (non-hydrogen) atoms. The van der Waals surface area contributed by atoms with Crippen molar-refractivity contribution in [2.24, 2.45) is 0 Å². The van der Waals surface area contributed by atoms with E-state index in [1.165, 1.54) is 0 Å². The number of ether oxygens (including phenoxy) is 2. The van der Waals surface area contributed by atoms with E-state index in [0.717, 1.165) is 57.8 Å². The molecule has 15 nitrogen and oxygen atoms in total. The Bertz CT molecular complexity index is 1640. The lowest BCUT2D eigenvalue weighted by molar-refractivity contribution is -0.161. The lowest BCUT2D eigenvalue weighted by atomic mass is 10.1. The van der Waals surface area contributed by atoms with Crippen molar-refractivity contribution in [3.05, 3.63) is 122 Å². The van der Waals surface area contributed by atoms with Gasteiger partial charge >= 0.3 is 27.6 Å². The highest BCUT2D eigenvalue weighted by molar-refractivity contribution is 7.47. The standard InChI is InChI=1S/C48H76O15P2/c1-3-5-7-8-9-10-11-12-13-14-15-16-17-18-19-24-32-38-48(53)63-46(42-62-65(57,58)61-40-45(51)39-60-64(54,55)56)41-59-47(52)37-31-23-21-20-22-28-34-44(50)36-30-26-25-29-35-43(49)33-27-6-4-2/h5-7,9-10,12-13,15-16,21-23,25-30,35-36,43-46,49-51H,3-4,8,11,14,17-20,24,31-34,37-42H2,1-2H3,(H,57,58)(H2,54,55,56)/b7-5-,10-9-,13-12-,16-15-,23-21-,26-25-,27-6-,28-22-,35-29+,36-30+/t43-,44+,45+,46-/m1/s1. The summed E-state index contributed by atoms with van der Waals surface area (Å²) in [6.07, 6.45) is 45.5. The van der Waals surface area contributed by atoms with Crippen molar-refractivity contribution in [2.75, 3.05) is 26.4 Å². The van der Waals surface area contributed by atoms with E-state index in [4.69, 9.17) is 23.8 Å². The number of rotatable bonds is 40. The lowest BCUT2D eigenvalue weighted by Gasteiger charge is -2.20. The van der Waals surface area contributed by atoms with Crippen molar-refractivity contribution >= 4 is 27.6 Å². The number of unbranched alkanes of at least 4 members (excludes halogenated alkanes) is 4. The highest BCUT2D eigenvalue weighted by Gasteiger charge is 2.28. The summed E-state index contributed by atoms with van der Waals surface area (Å²) in [6, 6.07) is 0. The molecule has 0 radical (unpaired) electrons. The van der Waals surface area contributed by atoms with Crippen LogP contribution in [0.15, 0.2) is 122 Å². The average Bonchev–Trinajstić information content (AvgIpc) is 3.26. The van der Waals surface area contributed by atoms with Crippen LogP contribution in [0.1, 0.15) is 117 Å². The van der Waals surface area contributed by atoms with Crippen molar-refractivity contribution in [3.8, 4) is 0 Å². The number of esters is 2. The van der Waals surface area contributed by atoms with Crippen molar-refractivity contribution < 1.29 is 71.8 Å². The van der Waals surface area contributed by atoms with Gasteiger partial charge in [-0.1, -0.05) is 148 Å². The Hall–Kier alpha value is -3.56. The molecule has 0 saturated carbocycles. The molecular formula is C48H76O15P2. The molecule has 0 rings (SSSR count). The smallest absolute Gasteiger partial charge is 0.462 e. The summed E-state index contributed by atoms with van der Waals surface area (Å²) in [5.74, 6) is -1.24. The van der Waals surface area contributed by atoms with E-state index in [-0.39, 0.29) is 12.8 Å². The third-order valence-corrected chi connectivity index (χ3v) is 9.95. The van der Waals surface area contributed by atoms with Crippen LogP contribution in [0, 0.1) is 0 Å². The SMILES string of the molecule is CC/C=C\C/C=C\C/C=C\C/C=C\CCCCCCC(=O)O[C@H](COC(=O)CC/C=C\C/C=C\C[C@H](O)/C=C/C=C\C=C\[C@H](O)C/C=C\CC)COP(=O)(O)OC[C@@H](O)COP(=O)(O)O. The normalized spacial score (nSPS) is 16.0. The molecule has 6 N–H and O–H groups in total. The Balaban J connectivity index is 4.79. The van der Waals surface area contributed by atoms with Crippen molar-refractivity contribution in [3.63, 3.8) is 0 Å². The summed E-state index contributed by atoms with van der Waals surface area (Å²) < 4.78 is 47.6. The first-order valence-electron chi connectivity index (χ1n) is 22.4. The number of carbonyl (C=O) groups excluding carboxylic acids is 2. The van der Waals surface area contributed by atoms with Crippen LogP contribution < -0.4 is 0 Å². The number of hydrogen-bond acceptors (Lipinski definition) is 12. The fraction of sp³-hybridized carbons (Fsp3) is 0.542. The molecular weight excluding hydrogens is 878 g/mol. The van der Waals surface area contributed by atoms with Crippen LogP contribution in [0.5, 0.6) is 0 Å². The van der Waals surface area contributed by atoms with E-state index >= 15 is 0 Å². The highest BCUT2D eigenvalue weighted by atomic mass is 31.2. The second-order valence-corrected chi connectivity index (χ2v) is 17.3. The highest BCUT2D eigenvalue weighted by Crippen LogP contribution is 2.43. The largest absolute Gasteiger partial charge is 0.472 e. The number of aliphatic hydroxyl groups excluding tert-OH is 3. The maximum atomic E-state index is 12.7. The van der Waals surface area contributed by atoms with Gasteiger partial charge < -0.3 is 39.5 Å². The summed E-state index contributed by atoms with van der Waals surface area (Å²) in [5.41, 5.74) is 0. The number of phosphoric acid groups is 2.